The quantitative estimate of drug-likeness (QED) is 0.704. The Morgan fingerprint density at radius 1 is 1.19 bits per heavy atom. The zero-order valence-electron chi connectivity index (χ0n) is 10.4. The molecular weight excluding hydrogens is 196 g/mol. The molecule has 0 amide bonds. The highest BCUT2D eigenvalue weighted by Gasteiger charge is 2.15. The number of rotatable bonds is 1. The number of amidine groups is 1. The number of benzene rings is 1. The van der Waals surface area contributed by atoms with Crippen molar-refractivity contribution in [1.82, 2.24) is 4.90 Å². The molecule has 0 bridgehead atoms. The largest absolute Gasteiger partial charge is 0.359 e. The molecule has 0 N–H and O–H groups in total. The van der Waals surface area contributed by atoms with E-state index in [-0.39, 0.29) is 0 Å². The Kier molecular flexibility index (Phi) is 3.28. The fourth-order valence-corrected chi connectivity index (χ4v) is 2.33. The third-order valence-corrected chi connectivity index (χ3v) is 3.09. The van der Waals surface area contributed by atoms with E-state index in [0.29, 0.717) is 5.92 Å². The van der Waals surface area contributed by atoms with Crippen molar-refractivity contribution in [3.63, 3.8) is 0 Å². The van der Waals surface area contributed by atoms with Crippen molar-refractivity contribution in [2.24, 2.45) is 10.9 Å². The van der Waals surface area contributed by atoms with Gasteiger partial charge in [-0.05, 0) is 17.5 Å². The zero-order valence-corrected chi connectivity index (χ0v) is 10.4. The van der Waals surface area contributed by atoms with Crippen LogP contribution in [0.1, 0.15) is 25.0 Å². The third kappa shape index (κ3) is 2.26. The van der Waals surface area contributed by atoms with Crippen LogP contribution in [0.2, 0.25) is 0 Å². The molecule has 0 spiro atoms. The molecule has 0 saturated carbocycles. The summed E-state index contributed by atoms with van der Waals surface area (Å²) in [6.07, 6.45) is 1.07. The fraction of sp³-hybridized carbons (Fsp3) is 0.500. The number of nitrogens with zero attached hydrogens (tertiary/aromatic N) is 2. The maximum atomic E-state index is 4.71. The molecule has 2 nitrogen and oxygen atoms in total. The summed E-state index contributed by atoms with van der Waals surface area (Å²) in [7, 11) is 2.14. The topological polar surface area (TPSA) is 15.6 Å². The predicted molar refractivity (Wildman–Crippen MR) is 68.8 cm³/mol. The van der Waals surface area contributed by atoms with Gasteiger partial charge in [-0.1, -0.05) is 38.1 Å². The summed E-state index contributed by atoms with van der Waals surface area (Å²) in [6, 6.07) is 8.70. The van der Waals surface area contributed by atoms with E-state index < -0.39 is 0 Å². The lowest BCUT2D eigenvalue weighted by atomic mass is 10.0. The number of hydrogen-bond acceptors (Lipinski definition) is 2. The second-order valence-corrected chi connectivity index (χ2v) is 4.77. The van der Waals surface area contributed by atoms with Gasteiger partial charge in [-0.2, -0.15) is 0 Å². The van der Waals surface area contributed by atoms with Crippen LogP contribution in [0.15, 0.2) is 29.3 Å². The molecule has 86 valence electrons. The first-order chi connectivity index (χ1) is 7.68. The maximum absolute atomic E-state index is 4.71. The van der Waals surface area contributed by atoms with E-state index in [2.05, 4.69) is 50.1 Å². The van der Waals surface area contributed by atoms with E-state index in [1.807, 2.05) is 0 Å². The fourth-order valence-electron chi connectivity index (χ4n) is 2.33. The first-order valence-corrected chi connectivity index (χ1v) is 6.00. The second-order valence-electron chi connectivity index (χ2n) is 4.77. The van der Waals surface area contributed by atoms with Gasteiger partial charge in [-0.3, -0.25) is 4.99 Å². The van der Waals surface area contributed by atoms with Crippen molar-refractivity contribution >= 4 is 5.84 Å². The highest BCUT2D eigenvalue weighted by molar-refractivity contribution is 5.84. The number of aliphatic imine (C=N–C) groups is 1. The molecular formula is C14H20N2. The molecule has 1 aromatic rings. The minimum absolute atomic E-state index is 0.510. The zero-order chi connectivity index (χ0) is 11.5. The molecule has 0 aromatic heterocycles. The normalized spacial score (nSPS) is 16.5. The van der Waals surface area contributed by atoms with Gasteiger partial charge in [0.25, 0.3) is 0 Å². The van der Waals surface area contributed by atoms with Gasteiger partial charge in [0.1, 0.15) is 5.84 Å². The highest BCUT2D eigenvalue weighted by atomic mass is 15.2. The van der Waals surface area contributed by atoms with Gasteiger partial charge >= 0.3 is 0 Å². The SMILES string of the molecule is CC(C)C1=NCCc2ccccc2CN1C. The van der Waals surface area contributed by atoms with Crippen molar-refractivity contribution in [1.29, 1.82) is 0 Å². The van der Waals surface area contributed by atoms with E-state index in [1.165, 1.54) is 17.0 Å². The Labute approximate surface area is 98.0 Å². The Morgan fingerprint density at radius 3 is 2.56 bits per heavy atom. The van der Waals surface area contributed by atoms with Gasteiger partial charge in [0.2, 0.25) is 0 Å². The van der Waals surface area contributed by atoms with Crippen molar-refractivity contribution in [3.8, 4) is 0 Å². The van der Waals surface area contributed by atoms with E-state index in [1.54, 1.807) is 0 Å². The molecule has 0 fully saturated rings. The minimum Gasteiger partial charge on any atom is -0.359 e. The summed E-state index contributed by atoms with van der Waals surface area (Å²) in [5, 5.41) is 0. The summed E-state index contributed by atoms with van der Waals surface area (Å²) in [4.78, 5) is 6.99. The second kappa shape index (κ2) is 4.69. The van der Waals surface area contributed by atoms with Crippen LogP contribution in [0, 0.1) is 5.92 Å². The van der Waals surface area contributed by atoms with Crippen LogP contribution >= 0.6 is 0 Å². The van der Waals surface area contributed by atoms with E-state index in [9.17, 15) is 0 Å². The van der Waals surface area contributed by atoms with E-state index in [4.69, 9.17) is 4.99 Å². The van der Waals surface area contributed by atoms with Crippen LogP contribution < -0.4 is 0 Å². The van der Waals surface area contributed by atoms with Crippen LogP contribution in [-0.2, 0) is 13.0 Å². The molecule has 16 heavy (non-hydrogen) atoms. The first kappa shape index (κ1) is 11.2. The minimum atomic E-state index is 0.510. The van der Waals surface area contributed by atoms with Gasteiger partial charge < -0.3 is 4.90 Å². The average molecular weight is 216 g/mol. The van der Waals surface area contributed by atoms with E-state index >= 15 is 0 Å². The summed E-state index contributed by atoms with van der Waals surface area (Å²) >= 11 is 0. The Bertz CT molecular complexity index is 393. The molecule has 0 unspecified atom stereocenters. The molecule has 1 aliphatic heterocycles. The smallest absolute Gasteiger partial charge is 0.101 e. The lowest BCUT2D eigenvalue weighted by Crippen LogP contribution is -2.32. The van der Waals surface area contributed by atoms with Crippen molar-refractivity contribution < 1.29 is 0 Å². The summed E-state index contributed by atoms with van der Waals surface area (Å²) in [5.74, 6) is 1.74. The van der Waals surface area contributed by atoms with Crippen LogP contribution in [-0.4, -0.2) is 24.3 Å². The molecule has 0 aliphatic carbocycles. The number of fused-ring (bicyclic) bond motifs is 1. The summed E-state index contributed by atoms with van der Waals surface area (Å²) < 4.78 is 0. The standard InChI is InChI=1S/C14H20N2/c1-11(2)14-15-9-8-12-6-4-5-7-13(12)10-16(14)3/h4-7,11H,8-10H2,1-3H3. The van der Waals surface area contributed by atoms with Crippen LogP contribution in [0.3, 0.4) is 0 Å². The van der Waals surface area contributed by atoms with Crippen LogP contribution in [0.5, 0.6) is 0 Å². The molecule has 2 heteroatoms. The molecule has 1 aromatic carbocycles. The molecule has 0 radical (unpaired) electrons. The van der Waals surface area contributed by atoms with Gasteiger partial charge in [-0.15, -0.1) is 0 Å². The third-order valence-electron chi connectivity index (χ3n) is 3.09. The lowest BCUT2D eigenvalue weighted by Gasteiger charge is -2.27. The molecule has 1 aliphatic rings. The van der Waals surface area contributed by atoms with Crippen molar-refractivity contribution in [2.75, 3.05) is 13.6 Å². The van der Waals surface area contributed by atoms with Gasteiger partial charge in [0.15, 0.2) is 0 Å². The lowest BCUT2D eigenvalue weighted by molar-refractivity contribution is 0.463. The van der Waals surface area contributed by atoms with Crippen LogP contribution in [0.4, 0.5) is 0 Å². The Morgan fingerprint density at radius 2 is 1.88 bits per heavy atom. The first-order valence-electron chi connectivity index (χ1n) is 6.00. The van der Waals surface area contributed by atoms with Gasteiger partial charge in [-0.25, -0.2) is 0 Å². The number of hydrogen-bond donors (Lipinski definition) is 0. The Balaban J connectivity index is 2.27. The summed E-state index contributed by atoms with van der Waals surface area (Å²) in [5.41, 5.74) is 2.89. The van der Waals surface area contributed by atoms with Crippen molar-refractivity contribution in [2.45, 2.75) is 26.8 Å². The average Bonchev–Trinajstić information content (AvgIpc) is 2.22. The monoisotopic (exact) mass is 216 g/mol. The van der Waals surface area contributed by atoms with Crippen LogP contribution in [0.25, 0.3) is 0 Å². The van der Waals surface area contributed by atoms with Crippen molar-refractivity contribution in [3.05, 3.63) is 35.4 Å². The Hall–Kier alpha value is -1.31. The maximum Gasteiger partial charge on any atom is 0.101 e. The van der Waals surface area contributed by atoms with Gasteiger partial charge in [0, 0.05) is 26.1 Å². The molecule has 0 saturated heterocycles. The molecule has 1 heterocycles. The highest BCUT2D eigenvalue weighted by Crippen LogP contribution is 2.16. The summed E-state index contributed by atoms with van der Waals surface area (Å²) in [6.45, 7) is 6.31. The molecule has 0 atom stereocenters. The van der Waals surface area contributed by atoms with E-state index in [0.717, 1.165) is 19.5 Å². The predicted octanol–water partition coefficient (Wildman–Crippen LogP) is 2.73. The molecule has 2 rings (SSSR count). The van der Waals surface area contributed by atoms with Gasteiger partial charge in [0.05, 0.1) is 0 Å².